The number of aromatic carboxylic acids is 1. The number of aliphatic carboxylic acids is 1. The molecule has 0 fully saturated rings. The van der Waals surface area contributed by atoms with Crippen LogP contribution in [0.2, 0.25) is 5.02 Å². The van der Waals surface area contributed by atoms with E-state index in [1.54, 1.807) is 6.92 Å². The predicted octanol–water partition coefficient (Wildman–Crippen LogP) is 2.28. The Morgan fingerprint density at radius 1 is 1.41 bits per heavy atom. The lowest BCUT2D eigenvalue weighted by atomic mass is 10.2. The molecule has 6 heteroatoms. The molecule has 0 spiro atoms. The predicted molar refractivity (Wildman–Crippen MR) is 60.8 cm³/mol. The number of carbonyl (C=O) groups is 2. The van der Waals surface area contributed by atoms with Crippen molar-refractivity contribution in [3.63, 3.8) is 0 Å². The molecular weight excluding hydrogens is 248 g/mol. The zero-order chi connectivity index (χ0) is 13.0. The number of carboxylic acids is 2. The molecule has 17 heavy (non-hydrogen) atoms. The van der Waals surface area contributed by atoms with Crippen LogP contribution in [0.1, 0.15) is 23.7 Å². The van der Waals surface area contributed by atoms with Crippen LogP contribution in [-0.2, 0) is 4.79 Å². The van der Waals surface area contributed by atoms with E-state index < -0.39 is 18.0 Å². The average molecular weight is 259 g/mol. The van der Waals surface area contributed by atoms with Gasteiger partial charge in [-0.3, -0.25) is 0 Å². The van der Waals surface area contributed by atoms with Gasteiger partial charge < -0.3 is 14.9 Å². The first-order chi connectivity index (χ1) is 7.97. The molecule has 0 aliphatic carbocycles. The summed E-state index contributed by atoms with van der Waals surface area (Å²) in [5.41, 5.74) is -0.228. The number of ether oxygens (including phenoxy) is 1. The Morgan fingerprint density at radius 3 is 2.53 bits per heavy atom. The zero-order valence-corrected chi connectivity index (χ0v) is 9.77. The van der Waals surface area contributed by atoms with E-state index in [0.29, 0.717) is 0 Å². The second-order valence-electron chi connectivity index (χ2n) is 3.27. The maximum Gasteiger partial charge on any atom is 0.344 e. The van der Waals surface area contributed by atoms with Crippen molar-refractivity contribution in [2.75, 3.05) is 0 Å². The lowest BCUT2D eigenvalue weighted by molar-refractivity contribution is -0.145. The van der Waals surface area contributed by atoms with Crippen molar-refractivity contribution < 1.29 is 24.5 Å². The Hall–Kier alpha value is -1.75. The number of carboxylic acid groups (broad SMARTS) is 2. The van der Waals surface area contributed by atoms with Gasteiger partial charge in [0.25, 0.3) is 0 Å². The van der Waals surface area contributed by atoms with Crippen molar-refractivity contribution >= 4 is 23.5 Å². The number of halogens is 1. The first-order valence-corrected chi connectivity index (χ1v) is 5.26. The Balaban J connectivity index is 3.10. The number of rotatable bonds is 5. The second kappa shape index (κ2) is 5.54. The van der Waals surface area contributed by atoms with Gasteiger partial charge in [0.1, 0.15) is 11.3 Å². The molecule has 0 aliphatic heterocycles. The molecule has 0 bridgehead atoms. The summed E-state index contributed by atoms with van der Waals surface area (Å²) in [6.07, 6.45) is -0.868. The highest BCUT2D eigenvalue weighted by atomic mass is 35.5. The van der Waals surface area contributed by atoms with Crippen LogP contribution >= 0.6 is 11.6 Å². The lowest BCUT2D eigenvalue weighted by Gasteiger charge is -2.15. The number of benzene rings is 1. The van der Waals surface area contributed by atoms with Crippen molar-refractivity contribution in [2.24, 2.45) is 0 Å². The lowest BCUT2D eigenvalue weighted by Crippen LogP contribution is -2.26. The molecule has 5 nitrogen and oxygen atoms in total. The van der Waals surface area contributed by atoms with Crippen LogP contribution in [0.3, 0.4) is 0 Å². The van der Waals surface area contributed by atoms with Crippen LogP contribution in [0.15, 0.2) is 18.2 Å². The Labute approximate surface area is 103 Å². The maximum atomic E-state index is 11.0. The fraction of sp³-hybridized carbons (Fsp3) is 0.273. The summed E-state index contributed by atoms with van der Waals surface area (Å²) in [6.45, 7) is 1.63. The highest BCUT2D eigenvalue weighted by Gasteiger charge is 2.22. The molecule has 0 aliphatic rings. The molecule has 1 unspecified atom stereocenters. The third kappa shape index (κ3) is 3.10. The summed E-state index contributed by atoms with van der Waals surface area (Å²) in [4.78, 5) is 21.8. The van der Waals surface area contributed by atoms with Gasteiger partial charge in [-0.1, -0.05) is 24.6 Å². The molecule has 1 rings (SSSR count). The molecule has 0 saturated heterocycles. The summed E-state index contributed by atoms with van der Waals surface area (Å²) < 4.78 is 5.13. The Kier molecular flexibility index (Phi) is 4.34. The molecule has 0 radical (unpaired) electrons. The van der Waals surface area contributed by atoms with Gasteiger partial charge in [0.2, 0.25) is 0 Å². The third-order valence-corrected chi connectivity index (χ3v) is 2.42. The summed E-state index contributed by atoms with van der Waals surface area (Å²) in [5.74, 6) is -2.45. The summed E-state index contributed by atoms with van der Waals surface area (Å²) in [5, 5.41) is 17.8. The van der Waals surface area contributed by atoms with E-state index in [0.717, 1.165) is 0 Å². The van der Waals surface area contributed by atoms with Gasteiger partial charge in [-0.2, -0.15) is 0 Å². The van der Waals surface area contributed by atoms with E-state index in [1.807, 2.05) is 0 Å². The quantitative estimate of drug-likeness (QED) is 0.846. The maximum absolute atomic E-state index is 11.0. The summed E-state index contributed by atoms with van der Waals surface area (Å²) >= 11 is 5.72. The molecule has 92 valence electrons. The van der Waals surface area contributed by atoms with Crippen molar-refractivity contribution in [3.05, 3.63) is 28.8 Å². The third-order valence-electron chi connectivity index (χ3n) is 2.10. The molecule has 0 aromatic heterocycles. The van der Waals surface area contributed by atoms with Crippen molar-refractivity contribution in [2.45, 2.75) is 19.4 Å². The minimum atomic E-state index is -1.26. The van der Waals surface area contributed by atoms with Gasteiger partial charge in [0.05, 0.1) is 5.02 Å². The van der Waals surface area contributed by atoms with Gasteiger partial charge in [-0.25, -0.2) is 9.59 Å². The molecule has 1 aromatic carbocycles. The fourth-order valence-electron chi connectivity index (χ4n) is 1.27. The first-order valence-electron chi connectivity index (χ1n) is 4.88. The molecule has 0 heterocycles. The van der Waals surface area contributed by atoms with Crippen molar-refractivity contribution in [1.82, 2.24) is 0 Å². The van der Waals surface area contributed by atoms with Gasteiger partial charge in [-0.05, 0) is 18.6 Å². The SMILES string of the molecule is CCC(Oc1cccc(Cl)c1C(=O)O)C(=O)O. The highest BCUT2D eigenvalue weighted by molar-refractivity contribution is 6.33. The molecule has 0 amide bonds. The molecule has 2 N–H and O–H groups in total. The van der Waals surface area contributed by atoms with Crippen molar-refractivity contribution in [3.8, 4) is 5.75 Å². The minimum absolute atomic E-state index is 0.00948. The largest absolute Gasteiger partial charge is 0.479 e. The molecule has 1 aromatic rings. The van der Waals surface area contributed by atoms with Gasteiger partial charge >= 0.3 is 11.9 Å². The zero-order valence-electron chi connectivity index (χ0n) is 9.01. The van der Waals surface area contributed by atoms with E-state index in [4.69, 9.17) is 26.6 Å². The van der Waals surface area contributed by atoms with E-state index in [9.17, 15) is 9.59 Å². The van der Waals surface area contributed by atoms with Crippen LogP contribution in [0, 0.1) is 0 Å². The second-order valence-corrected chi connectivity index (χ2v) is 3.68. The topological polar surface area (TPSA) is 83.8 Å². The number of hydrogen-bond acceptors (Lipinski definition) is 3. The van der Waals surface area contributed by atoms with Crippen LogP contribution in [0.25, 0.3) is 0 Å². The normalized spacial score (nSPS) is 11.9. The van der Waals surface area contributed by atoms with Crippen LogP contribution < -0.4 is 4.74 Å². The Morgan fingerprint density at radius 2 is 2.06 bits per heavy atom. The molecule has 1 atom stereocenters. The van der Waals surface area contributed by atoms with E-state index in [2.05, 4.69) is 0 Å². The van der Waals surface area contributed by atoms with Gasteiger partial charge in [0.15, 0.2) is 6.10 Å². The van der Waals surface area contributed by atoms with Crippen LogP contribution in [0.4, 0.5) is 0 Å². The standard InChI is InChI=1S/C11H11ClO5/c1-2-7(10(13)14)17-8-5-3-4-6(12)9(8)11(15)16/h3-5,7H,2H2,1H3,(H,13,14)(H,15,16). The minimum Gasteiger partial charge on any atom is -0.479 e. The summed E-state index contributed by atoms with van der Waals surface area (Å²) in [7, 11) is 0. The molecular formula is C11H11ClO5. The highest BCUT2D eigenvalue weighted by Crippen LogP contribution is 2.27. The monoisotopic (exact) mass is 258 g/mol. The van der Waals surface area contributed by atoms with E-state index >= 15 is 0 Å². The van der Waals surface area contributed by atoms with Crippen LogP contribution in [0.5, 0.6) is 5.75 Å². The van der Waals surface area contributed by atoms with E-state index in [1.165, 1.54) is 18.2 Å². The van der Waals surface area contributed by atoms with Gasteiger partial charge in [0, 0.05) is 0 Å². The summed E-state index contributed by atoms with van der Waals surface area (Å²) in [6, 6.07) is 4.28. The van der Waals surface area contributed by atoms with E-state index in [-0.39, 0.29) is 22.8 Å². The average Bonchev–Trinajstić information content (AvgIpc) is 2.24. The smallest absolute Gasteiger partial charge is 0.344 e. The number of hydrogen-bond donors (Lipinski definition) is 2. The van der Waals surface area contributed by atoms with Gasteiger partial charge in [-0.15, -0.1) is 0 Å². The first kappa shape index (κ1) is 13.3. The van der Waals surface area contributed by atoms with Crippen molar-refractivity contribution in [1.29, 1.82) is 0 Å². The van der Waals surface area contributed by atoms with Crippen LogP contribution in [-0.4, -0.2) is 28.3 Å². The Bertz CT molecular complexity index is 443. The fourth-order valence-corrected chi connectivity index (χ4v) is 1.52. The molecule has 0 saturated carbocycles.